The molecule has 1 unspecified atom stereocenters. The summed E-state index contributed by atoms with van der Waals surface area (Å²) in [5, 5.41) is 0. The summed E-state index contributed by atoms with van der Waals surface area (Å²) < 4.78 is 6.06. The third-order valence-corrected chi connectivity index (χ3v) is 5.80. The zero-order valence-electron chi connectivity index (χ0n) is 17.9. The number of hydrogen-bond donors (Lipinski definition) is 1. The molecule has 0 bridgehead atoms. The Hall–Kier alpha value is -3.67. The lowest BCUT2D eigenvalue weighted by Gasteiger charge is -2.34. The normalized spacial score (nSPS) is 16.0. The van der Waals surface area contributed by atoms with Crippen LogP contribution in [-0.4, -0.2) is 40.9 Å². The van der Waals surface area contributed by atoms with Gasteiger partial charge in [0.15, 0.2) is 0 Å². The zero-order chi connectivity index (χ0) is 22.3. The third kappa shape index (κ3) is 5.32. The topological polar surface area (TPSA) is 85.5 Å². The smallest absolute Gasteiger partial charge is 0.267 e. The van der Waals surface area contributed by atoms with E-state index in [0.29, 0.717) is 18.7 Å². The molecule has 6 nitrogen and oxygen atoms in total. The minimum atomic E-state index is -0.594. The molecule has 4 rings (SSSR count). The molecule has 2 heterocycles. The first-order chi connectivity index (χ1) is 15.6. The molecule has 2 amide bonds. The molecule has 1 aromatic heterocycles. The van der Waals surface area contributed by atoms with Crippen molar-refractivity contribution in [1.29, 1.82) is 0 Å². The molecule has 2 aromatic carbocycles. The number of primary amides is 1. The van der Waals surface area contributed by atoms with Gasteiger partial charge in [-0.15, -0.1) is 0 Å². The molecule has 0 radical (unpaired) electrons. The van der Waals surface area contributed by atoms with E-state index in [4.69, 9.17) is 10.5 Å². The molecule has 0 saturated carbocycles. The maximum absolute atomic E-state index is 13.3. The summed E-state index contributed by atoms with van der Waals surface area (Å²) in [7, 11) is 0. The van der Waals surface area contributed by atoms with Gasteiger partial charge in [-0.1, -0.05) is 60.7 Å². The van der Waals surface area contributed by atoms with Crippen molar-refractivity contribution in [2.24, 2.45) is 5.73 Å². The van der Waals surface area contributed by atoms with E-state index in [2.05, 4.69) is 29.2 Å². The van der Waals surface area contributed by atoms with Crippen molar-refractivity contribution in [3.8, 4) is 5.75 Å². The van der Waals surface area contributed by atoms with Crippen LogP contribution in [0.15, 0.2) is 79.0 Å². The number of pyridine rings is 1. The Morgan fingerprint density at radius 1 is 1.03 bits per heavy atom. The Bertz CT molecular complexity index is 1020. The van der Waals surface area contributed by atoms with Gasteiger partial charge in [0.1, 0.15) is 17.5 Å². The van der Waals surface area contributed by atoms with Gasteiger partial charge in [-0.05, 0) is 30.0 Å². The molecule has 0 aliphatic carbocycles. The van der Waals surface area contributed by atoms with Gasteiger partial charge in [0.2, 0.25) is 5.91 Å². The molecule has 1 atom stereocenters. The highest BCUT2D eigenvalue weighted by atomic mass is 16.5. The Kier molecular flexibility index (Phi) is 6.80. The zero-order valence-corrected chi connectivity index (χ0v) is 17.9. The molecule has 164 valence electrons. The number of carbonyl (C=O) groups excluding carboxylic acids is 2. The first-order valence-corrected chi connectivity index (χ1v) is 10.9. The highest BCUT2D eigenvalue weighted by Crippen LogP contribution is 2.29. The predicted molar refractivity (Wildman–Crippen MR) is 122 cm³/mol. The Morgan fingerprint density at radius 3 is 2.31 bits per heavy atom. The van der Waals surface area contributed by atoms with E-state index >= 15 is 0 Å². The quantitative estimate of drug-likeness (QED) is 0.619. The number of carbonyl (C=O) groups is 2. The minimum Gasteiger partial charge on any atom is -0.488 e. The van der Waals surface area contributed by atoms with Gasteiger partial charge in [0.05, 0.1) is 6.54 Å². The van der Waals surface area contributed by atoms with Crippen LogP contribution in [0, 0.1) is 0 Å². The lowest BCUT2D eigenvalue weighted by Crippen LogP contribution is -2.44. The van der Waals surface area contributed by atoms with Crippen molar-refractivity contribution in [2.45, 2.75) is 31.3 Å². The summed E-state index contributed by atoms with van der Waals surface area (Å²) in [5.41, 5.74) is 7.74. The van der Waals surface area contributed by atoms with Crippen molar-refractivity contribution < 1.29 is 14.3 Å². The molecule has 1 saturated heterocycles. The number of nitrogens with zero attached hydrogens (tertiary/aromatic N) is 2. The van der Waals surface area contributed by atoms with Gasteiger partial charge in [0.25, 0.3) is 5.91 Å². The predicted octanol–water partition coefficient (Wildman–Crippen LogP) is 3.77. The summed E-state index contributed by atoms with van der Waals surface area (Å²) >= 11 is 0. The lowest BCUT2D eigenvalue weighted by molar-refractivity contribution is -0.134. The maximum Gasteiger partial charge on any atom is 0.267 e. The SMILES string of the molecule is NC(=O)c1cc(OC2CCCN(C(=O)CC(c3ccccc3)c3ccccc3)C2)ccn1. The molecule has 6 heteroatoms. The average molecular weight is 430 g/mol. The number of rotatable bonds is 7. The van der Waals surface area contributed by atoms with Crippen molar-refractivity contribution in [3.05, 3.63) is 95.8 Å². The van der Waals surface area contributed by atoms with Crippen LogP contribution in [0.5, 0.6) is 5.75 Å². The second kappa shape index (κ2) is 10.1. The lowest BCUT2D eigenvalue weighted by atomic mass is 9.88. The van der Waals surface area contributed by atoms with Crippen LogP contribution in [0.3, 0.4) is 0 Å². The number of aromatic nitrogens is 1. The fourth-order valence-corrected chi connectivity index (χ4v) is 4.18. The molecule has 3 aromatic rings. The second-order valence-corrected chi connectivity index (χ2v) is 8.04. The minimum absolute atomic E-state index is 0.00418. The summed E-state index contributed by atoms with van der Waals surface area (Å²) in [6.45, 7) is 1.24. The molecular weight excluding hydrogens is 402 g/mol. The van der Waals surface area contributed by atoms with Crippen LogP contribution >= 0.6 is 0 Å². The van der Waals surface area contributed by atoms with Crippen LogP contribution in [0.2, 0.25) is 0 Å². The molecule has 0 spiro atoms. The summed E-state index contributed by atoms with van der Waals surface area (Å²) in [6, 6.07) is 23.6. The van der Waals surface area contributed by atoms with Crippen LogP contribution in [0.4, 0.5) is 0 Å². The maximum atomic E-state index is 13.3. The fraction of sp³-hybridized carbons (Fsp3) is 0.269. The summed E-state index contributed by atoms with van der Waals surface area (Å²) in [5.74, 6) is 0.0661. The van der Waals surface area contributed by atoms with Crippen LogP contribution in [0.1, 0.15) is 46.8 Å². The molecule has 2 N–H and O–H groups in total. The standard InChI is InChI=1S/C26H27N3O3/c27-26(31)24-16-21(13-14-28-24)32-22-12-7-15-29(18-22)25(30)17-23(19-8-3-1-4-9-19)20-10-5-2-6-11-20/h1-6,8-11,13-14,16,22-23H,7,12,15,17-18H2,(H2,27,31). The van der Waals surface area contributed by atoms with Crippen molar-refractivity contribution in [2.75, 3.05) is 13.1 Å². The van der Waals surface area contributed by atoms with E-state index in [9.17, 15) is 9.59 Å². The van der Waals surface area contributed by atoms with E-state index in [-0.39, 0.29) is 23.6 Å². The molecule has 1 fully saturated rings. The Balaban J connectivity index is 1.45. The Morgan fingerprint density at radius 2 is 1.69 bits per heavy atom. The van der Waals surface area contributed by atoms with Crippen molar-refractivity contribution in [3.63, 3.8) is 0 Å². The van der Waals surface area contributed by atoms with E-state index in [1.165, 1.54) is 6.20 Å². The van der Waals surface area contributed by atoms with Gasteiger partial charge in [-0.25, -0.2) is 0 Å². The highest BCUT2D eigenvalue weighted by Gasteiger charge is 2.27. The number of hydrogen-bond acceptors (Lipinski definition) is 4. The highest BCUT2D eigenvalue weighted by molar-refractivity contribution is 5.91. The summed E-state index contributed by atoms with van der Waals surface area (Å²) in [4.78, 5) is 30.5. The first-order valence-electron chi connectivity index (χ1n) is 10.9. The number of likely N-dealkylation sites (tertiary alicyclic amines) is 1. The van der Waals surface area contributed by atoms with E-state index < -0.39 is 5.91 Å². The van der Waals surface area contributed by atoms with Crippen LogP contribution in [0.25, 0.3) is 0 Å². The molecule has 32 heavy (non-hydrogen) atoms. The Labute approximate surface area is 188 Å². The number of ether oxygens (including phenoxy) is 1. The second-order valence-electron chi connectivity index (χ2n) is 8.04. The summed E-state index contributed by atoms with van der Waals surface area (Å²) in [6.07, 6.45) is 3.49. The van der Waals surface area contributed by atoms with Crippen molar-refractivity contribution in [1.82, 2.24) is 9.88 Å². The first kappa shape index (κ1) is 21.6. The van der Waals surface area contributed by atoms with Gasteiger partial charge in [-0.2, -0.15) is 0 Å². The number of piperidine rings is 1. The number of nitrogens with two attached hydrogens (primary N) is 1. The molecule has 1 aliphatic rings. The third-order valence-electron chi connectivity index (χ3n) is 5.80. The van der Waals surface area contributed by atoms with Gasteiger partial charge >= 0.3 is 0 Å². The van der Waals surface area contributed by atoms with E-state index in [1.54, 1.807) is 12.1 Å². The van der Waals surface area contributed by atoms with Crippen molar-refractivity contribution >= 4 is 11.8 Å². The molecule has 1 aliphatic heterocycles. The fourth-order valence-electron chi connectivity index (χ4n) is 4.18. The van der Waals surface area contributed by atoms with Crippen LogP contribution < -0.4 is 10.5 Å². The van der Waals surface area contributed by atoms with Gasteiger partial charge < -0.3 is 15.4 Å². The average Bonchev–Trinajstić information content (AvgIpc) is 2.84. The number of benzene rings is 2. The van der Waals surface area contributed by atoms with Gasteiger partial charge in [-0.3, -0.25) is 14.6 Å². The number of amides is 2. The van der Waals surface area contributed by atoms with Crippen LogP contribution in [-0.2, 0) is 4.79 Å². The van der Waals surface area contributed by atoms with E-state index in [1.807, 2.05) is 41.3 Å². The largest absolute Gasteiger partial charge is 0.488 e. The molecular formula is C26H27N3O3. The van der Waals surface area contributed by atoms with E-state index in [0.717, 1.165) is 30.5 Å². The monoisotopic (exact) mass is 429 g/mol. The van der Waals surface area contributed by atoms with Gasteiger partial charge in [0, 0.05) is 31.1 Å².